The highest BCUT2D eigenvalue weighted by atomic mass is 16.7. The van der Waals surface area contributed by atoms with E-state index in [4.69, 9.17) is 9.47 Å². The van der Waals surface area contributed by atoms with E-state index >= 15 is 0 Å². The smallest absolute Gasteiger partial charge is 0.231 e. The number of hydrogen-bond acceptors (Lipinski definition) is 5. The van der Waals surface area contributed by atoms with Crippen LogP contribution in [0.5, 0.6) is 11.5 Å². The molecule has 1 fully saturated rings. The van der Waals surface area contributed by atoms with Crippen molar-refractivity contribution in [3.8, 4) is 22.6 Å². The average Bonchev–Trinajstić information content (AvgIpc) is 3.45. The summed E-state index contributed by atoms with van der Waals surface area (Å²) in [6.07, 6.45) is 3.82. The zero-order valence-electron chi connectivity index (χ0n) is 16.9. The zero-order valence-corrected chi connectivity index (χ0v) is 16.9. The summed E-state index contributed by atoms with van der Waals surface area (Å²) in [6, 6.07) is 15.6. The maximum absolute atomic E-state index is 13.2. The lowest BCUT2D eigenvalue weighted by Gasteiger charge is -2.16. The van der Waals surface area contributed by atoms with Crippen LogP contribution in [0.15, 0.2) is 54.7 Å². The fourth-order valence-electron chi connectivity index (χ4n) is 4.30. The summed E-state index contributed by atoms with van der Waals surface area (Å²) in [4.78, 5) is 17.8. The van der Waals surface area contributed by atoms with Crippen LogP contribution in [0.2, 0.25) is 0 Å². The number of ether oxygens (including phenoxy) is 2. The van der Waals surface area contributed by atoms with E-state index in [1.165, 1.54) is 0 Å². The summed E-state index contributed by atoms with van der Waals surface area (Å²) in [6.45, 7) is 2.23. The normalized spacial score (nSPS) is 15.8. The topological polar surface area (TPSA) is 68.7 Å². The second kappa shape index (κ2) is 7.26. The van der Waals surface area contributed by atoms with Gasteiger partial charge in [0.1, 0.15) is 5.78 Å². The van der Waals surface area contributed by atoms with Crippen LogP contribution >= 0.6 is 0 Å². The summed E-state index contributed by atoms with van der Waals surface area (Å²) < 4.78 is 10.9. The Morgan fingerprint density at radius 2 is 1.90 bits per heavy atom. The Labute approximate surface area is 176 Å². The molecule has 0 radical (unpaired) electrons. The SMILES string of the molecule is Cc1cc(CC(=O)C2(c3ccc4c(c3)OCO4)CC2)ncc1-c1ccccc1CO.[HH]. The monoisotopic (exact) mass is 403 g/mol. The van der Waals surface area contributed by atoms with Crippen molar-refractivity contribution in [2.24, 2.45) is 0 Å². The number of ketones is 1. The molecule has 5 heteroatoms. The fraction of sp³-hybridized carbons (Fsp3) is 0.280. The first kappa shape index (κ1) is 18.8. The maximum Gasteiger partial charge on any atom is 0.231 e. The number of aliphatic hydroxyl groups is 1. The van der Waals surface area contributed by atoms with Crippen molar-refractivity contribution >= 4 is 5.78 Å². The second-order valence-electron chi connectivity index (χ2n) is 8.06. The van der Waals surface area contributed by atoms with E-state index in [2.05, 4.69) is 4.98 Å². The predicted molar refractivity (Wildman–Crippen MR) is 115 cm³/mol. The fourth-order valence-corrected chi connectivity index (χ4v) is 4.30. The number of benzene rings is 2. The summed E-state index contributed by atoms with van der Waals surface area (Å²) in [5, 5.41) is 9.63. The minimum Gasteiger partial charge on any atom is -0.454 e. The molecule has 5 nitrogen and oxygen atoms in total. The average molecular weight is 403 g/mol. The van der Waals surface area contributed by atoms with Crippen LogP contribution in [-0.4, -0.2) is 22.7 Å². The Kier molecular flexibility index (Phi) is 4.55. The van der Waals surface area contributed by atoms with Crippen molar-refractivity contribution in [3.05, 3.63) is 77.1 Å². The number of carbonyl (C=O) groups is 1. The highest BCUT2D eigenvalue weighted by molar-refractivity contribution is 5.94. The van der Waals surface area contributed by atoms with Gasteiger partial charge < -0.3 is 14.6 Å². The highest BCUT2D eigenvalue weighted by Crippen LogP contribution is 2.51. The molecule has 5 rings (SSSR count). The van der Waals surface area contributed by atoms with E-state index in [1.54, 1.807) is 0 Å². The molecule has 30 heavy (non-hydrogen) atoms. The van der Waals surface area contributed by atoms with E-state index in [1.807, 2.05) is 61.7 Å². The number of Topliss-reactive ketones (excluding diaryl/α,β-unsaturated/α-hetero) is 1. The van der Waals surface area contributed by atoms with Gasteiger partial charge in [-0.2, -0.15) is 0 Å². The summed E-state index contributed by atoms with van der Waals surface area (Å²) in [7, 11) is 0. The first-order valence-electron chi connectivity index (χ1n) is 10.2. The molecule has 0 atom stereocenters. The predicted octanol–water partition coefficient (Wildman–Crippen LogP) is 4.37. The number of nitrogens with zero attached hydrogens (tertiary/aromatic N) is 1. The third kappa shape index (κ3) is 3.15. The van der Waals surface area contributed by atoms with Crippen molar-refractivity contribution < 1.29 is 20.8 Å². The van der Waals surface area contributed by atoms with Gasteiger partial charge in [0.05, 0.1) is 12.0 Å². The number of carbonyl (C=O) groups excluding carboxylic acids is 1. The van der Waals surface area contributed by atoms with E-state index in [-0.39, 0.29) is 20.6 Å². The van der Waals surface area contributed by atoms with Crippen molar-refractivity contribution in [3.63, 3.8) is 0 Å². The molecule has 1 N–H and O–H groups in total. The minimum absolute atomic E-state index is 0. The molecule has 0 amide bonds. The number of fused-ring (bicyclic) bond motifs is 1. The molecule has 0 unspecified atom stereocenters. The standard InChI is InChI=1S/C25H23NO4.H2/c1-16-10-19(26-13-21(16)20-5-3-2-4-17(20)14-27)12-24(28)25(8-9-25)18-6-7-22-23(11-18)30-15-29-22;/h2-7,10-11,13,27H,8-9,12,14-15H2,1H3;1H. The molecule has 0 saturated heterocycles. The van der Waals surface area contributed by atoms with Gasteiger partial charge in [0.15, 0.2) is 11.5 Å². The first-order chi connectivity index (χ1) is 14.6. The van der Waals surface area contributed by atoms with Crippen LogP contribution in [0.4, 0.5) is 0 Å². The number of aliphatic hydroxyl groups excluding tert-OH is 1. The third-order valence-electron chi connectivity index (χ3n) is 6.20. The highest BCUT2D eigenvalue weighted by Gasteiger charge is 2.51. The van der Waals surface area contributed by atoms with Gasteiger partial charge in [-0.15, -0.1) is 0 Å². The van der Waals surface area contributed by atoms with Crippen LogP contribution < -0.4 is 9.47 Å². The van der Waals surface area contributed by atoms with Crippen LogP contribution in [0, 0.1) is 6.92 Å². The van der Waals surface area contributed by atoms with Gasteiger partial charge in [-0.1, -0.05) is 30.3 Å². The molecular weight excluding hydrogens is 378 g/mol. The van der Waals surface area contributed by atoms with Crippen LogP contribution in [0.3, 0.4) is 0 Å². The largest absolute Gasteiger partial charge is 0.454 e. The molecule has 0 bridgehead atoms. The van der Waals surface area contributed by atoms with Crippen LogP contribution in [-0.2, 0) is 23.2 Å². The zero-order chi connectivity index (χ0) is 20.7. The van der Waals surface area contributed by atoms with E-state index in [0.29, 0.717) is 12.2 Å². The van der Waals surface area contributed by atoms with Gasteiger partial charge in [0.25, 0.3) is 0 Å². The van der Waals surface area contributed by atoms with Crippen molar-refractivity contribution in [1.82, 2.24) is 4.98 Å². The van der Waals surface area contributed by atoms with Gasteiger partial charge in [0.2, 0.25) is 6.79 Å². The van der Waals surface area contributed by atoms with E-state index in [0.717, 1.165) is 52.1 Å². The number of rotatable bonds is 6. The van der Waals surface area contributed by atoms with Gasteiger partial charge in [-0.3, -0.25) is 9.78 Å². The summed E-state index contributed by atoms with van der Waals surface area (Å²) >= 11 is 0. The molecule has 0 spiro atoms. The van der Waals surface area contributed by atoms with Crippen LogP contribution in [0.25, 0.3) is 11.1 Å². The summed E-state index contributed by atoms with van der Waals surface area (Å²) in [5.74, 6) is 1.64. The Bertz CT molecular complexity index is 1140. The first-order valence-corrected chi connectivity index (χ1v) is 10.2. The Hall–Kier alpha value is -3.18. The molecule has 1 aliphatic heterocycles. The Balaban J connectivity index is 0.00000231. The Morgan fingerprint density at radius 1 is 1.10 bits per heavy atom. The molecule has 2 aromatic carbocycles. The Morgan fingerprint density at radius 3 is 2.67 bits per heavy atom. The number of aryl methyl sites for hydroxylation is 1. The third-order valence-corrected chi connectivity index (χ3v) is 6.20. The molecule has 3 aromatic rings. The lowest BCUT2D eigenvalue weighted by atomic mass is 9.88. The summed E-state index contributed by atoms with van der Waals surface area (Å²) in [5.41, 5.74) is 5.21. The van der Waals surface area contributed by atoms with E-state index < -0.39 is 5.41 Å². The number of hydrogen-bond donors (Lipinski definition) is 1. The van der Waals surface area contributed by atoms with Crippen molar-refractivity contribution in [1.29, 1.82) is 0 Å². The van der Waals surface area contributed by atoms with Gasteiger partial charge in [-0.25, -0.2) is 0 Å². The van der Waals surface area contributed by atoms with Crippen molar-refractivity contribution in [2.45, 2.75) is 38.2 Å². The molecule has 154 valence electrons. The molecule has 1 aliphatic carbocycles. The lowest BCUT2D eigenvalue weighted by Crippen LogP contribution is -2.23. The number of aromatic nitrogens is 1. The molecule has 2 heterocycles. The van der Waals surface area contributed by atoms with Crippen molar-refractivity contribution in [2.75, 3.05) is 6.79 Å². The van der Waals surface area contributed by atoms with Gasteiger partial charge in [-0.05, 0) is 60.2 Å². The van der Waals surface area contributed by atoms with E-state index in [9.17, 15) is 9.90 Å². The second-order valence-corrected chi connectivity index (χ2v) is 8.06. The molecule has 1 saturated carbocycles. The maximum atomic E-state index is 13.2. The molecule has 1 aromatic heterocycles. The van der Waals surface area contributed by atoms with Gasteiger partial charge in [0, 0.05) is 25.3 Å². The van der Waals surface area contributed by atoms with Crippen LogP contribution in [0.1, 0.15) is 36.7 Å². The quantitative estimate of drug-likeness (QED) is 0.662. The molecule has 2 aliphatic rings. The lowest BCUT2D eigenvalue weighted by molar-refractivity contribution is -0.120. The number of pyridine rings is 1. The minimum atomic E-state index is -0.432. The molecular formula is C25H25NO4. The van der Waals surface area contributed by atoms with Gasteiger partial charge >= 0.3 is 0 Å².